The lowest BCUT2D eigenvalue weighted by molar-refractivity contribution is -0.137. The molecule has 0 amide bonds. The molecule has 1 aromatic carbocycles. The Balaban J connectivity index is 2.32. The number of benzene rings is 1. The normalized spacial score (nSPS) is 14.2. The Bertz CT molecular complexity index is 784. The zero-order chi connectivity index (χ0) is 16.6. The largest absolute Gasteiger partial charge is 0.493 e. The second-order valence-electron chi connectivity index (χ2n) is 5.52. The molecule has 0 fully saturated rings. The van der Waals surface area contributed by atoms with Gasteiger partial charge in [-0.25, -0.2) is 0 Å². The number of alkyl halides is 3. The molecule has 1 aromatic heterocycles. The lowest BCUT2D eigenvalue weighted by Crippen LogP contribution is -2.15. The Morgan fingerprint density at radius 2 is 1.91 bits per heavy atom. The zero-order valence-corrected chi connectivity index (χ0v) is 12.6. The van der Waals surface area contributed by atoms with Gasteiger partial charge in [0, 0.05) is 11.9 Å². The van der Waals surface area contributed by atoms with Crippen LogP contribution in [-0.2, 0) is 19.0 Å². The van der Waals surface area contributed by atoms with Gasteiger partial charge < -0.3 is 9.30 Å². The summed E-state index contributed by atoms with van der Waals surface area (Å²) in [5.41, 5.74) is 1.14. The third kappa shape index (κ3) is 2.56. The van der Waals surface area contributed by atoms with Crippen LogP contribution in [0.3, 0.4) is 0 Å². The van der Waals surface area contributed by atoms with E-state index in [1.165, 1.54) is 11.7 Å². The van der Waals surface area contributed by atoms with Gasteiger partial charge in [0.2, 0.25) is 0 Å². The number of nitriles is 1. The fourth-order valence-electron chi connectivity index (χ4n) is 3.17. The van der Waals surface area contributed by atoms with Gasteiger partial charge in [-0.2, -0.15) is 18.4 Å². The summed E-state index contributed by atoms with van der Waals surface area (Å²) in [5, 5.41) is 9.18. The number of aromatic nitrogens is 1. The molecule has 23 heavy (non-hydrogen) atoms. The smallest absolute Gasteiger partial charge is 0.418 e. The maximum Gasteiger partial charge on any atom is 0.418 e. The molecule has 120 valence electrons. The van der Waals surface area contributed by atoms with Crippen LogP contribution in [0.25, 0.3) is 5.69 Å². The molecule has 0 bridgehead atoms. The molecule has 3 nitrogen and oxygen atoms in total. The van der Waals surface area contributed by atoms with Crippen molar-refractivity contribution in [3.8, 4) is 17.5 Å². The number of methoxy groups -OCH3 is 1. The molecular formula is C17H15F3N2O. The van der Waals surface area contributed by atoms with E-state index in [1.807, 2.05) is 12.1 Å². The Labute approximate surface area is 131 Å². The summed E-state index contributed by atoms with van der Waals surface area (Å²) in [6.45, 7) is 0. The van der Waals surface area contributed by atoms with Crippen LogP contribution in [0.1, 0.15) is 35.2 Å². The van der Waals surface area contributed by atoms with Crippen LogP contribution in [0.4, 0.5) is 13.2 Å². The van der Waals surface area contributed by atoms with Crippen molar-refractivity contribution in [2.75, 3.05) is 7.11 Å². The average Bonchev–Trinajstić information content (AvgIpc) is 2.96. The number of hydrogen-bond donors (Lipinski definition) is 0. The van der Waals surface area contributed by atoms with Gasteiger partial charge in [0.05, 0.1) is 18.2 Å². The van der Waals surface area contributed by atoms with Crippen LogP contribution in [-0.4, -0.2) is 11.7 Å². The van der Waals surface area contributed by atoms with Crippen molar-refractivity contribution in [3.63, 3.8) is 0 Å². The molecule has 2 aromatic rings. The summed E-state index contributed by atoms with van der Waals surface area (Å²) in [5.74, 6) is -0.0358. The number of rotatable bonds is 2. The summed E-state index contributed by atoms with van der Waals surface area (Å²) in [7, 11) is 1.29. The molecule has 0 unspecified atom stereocenters. The van der Waals surface area contributed by atoms with Crippen molar-refractivity contribution in [3.05, 3.63) is 46.8 Å². The zero-order valence-electron chi connectivity index (χ0n) is 12.6. The van der Waals surface area contributed by atoms with E-state index < -0.39 is 11.7 Å². The summed E-state index contributed by atoms with van der Waals surface area (Å²) in [6.07, 6.45) is 0.688. The molecule has 0 N–H and O–H groups in total. The fourth-order valence-corrected chi connectivity index (χ4v) is 3.17. The Hall–Kier alpha value is -2.42. The number of nitrogens with zero attached hydrogens (tertiary/aromatic N) is 2. The van der Waals surface area contributed by atoms with Gasteiger partial charge in [0.1, 0.15) is 11.8 Å². The summed E-state index contributed by atoms with van der Waals surface area (Å²) in [4.78, 5) is 0. The first-order valence-electron chi connectivity index (χ1n) is 7.35. The molecule has 0 saturated heterocycles. The predicted molar refractivity (Wildman–Crippen MR) is 78.7 cm³/mol. The van der Waals surface area contributed by atoms with E-state index in [-0.39, 0.29) is 17.0 Å². The SMILES string of the molecule is COc1c(C#N)ccc(C(F)(F)F)c1-n1ccc2c1CCCC2. The van der Waals surface area contributed by atoms with E-state index in [9.17, 15) is 18.4 Å². The number of ether oxygens (including phenoxy) is 1. The molecule has 0 spiro atoms. The quantitative estimate of drug-likeness (QED) is 0.829. The third-order valence-electron chi connectivity index (χ3n) is 4.20. The minimum Gasteiger partial charge on any atom is -0.493 e. The molecule has 0 saturated carbocycles. The molecular weight excluding hydrogens is 305 g/mol. The van der Waals surface area contributed by atoms with E-state index in [0.717, 1.165) is 49.1 Å². The average molecular weight is 320 g/mol. The Morgan fingerprint density at radius 3 is 2.57 bits per heavy atom. The summed E-state index contributed by atoms with van der Waals surface area (Å²) < 4.78 is 47.1. The standard InChI is InChI=1S/C17H15F3N2O/c1-23-16-12(10-21)6-7-13(17(18,19)20)15(16)22-9-8-11-4-2-3-5-14(11)22/h6-9H,2-5H2,1H3. The van der Waals surface area contributed by atoms with Crippen molar-refractivity contribution in [2.45, 2.75) is 31.9 Å². The van der Waals surface area contributed by atoms with Crippen molar-refractivity contribution in [2.24, 2.45) is 0 Å². The van der Waals surface area contributed by atoms with Crippen molar-refractivity contribution in [1.29, 1.82) is 5.26 Å². The second kappa shape index (κ2) is 5.65. The highest BCUT2D eigenvalue weighted by Crippen LogP contribution is 2.41. The van der Waals surface area contributed by atoms with Crippen LogP contribution in [0.5, 0.6) is 5.75 Å². The lowest BCUT2D eigenvalue weighted by Gasteiger charge is -2.22. The Kier molecular flexibility index (Phi) is 3.80. The second-order valence-corrected chi connectivity index (χ2v) is 5.52. The van der Waals surface area contributed by atoms with E-state index >= 15 is 0 Å². The van der Waals surface area contributed by atoms with Gasteiger partial charge in [0.15, 0.2) is 5.75 Å². The number of fused-ring (bicyclic) bond motifs is 1. The first-order valence-corrected chi connectivity index (χ1v) is 7.35. The van der Waals surface area contributed by atoms with Crippen LogP contribution in [0, 0.1) is 11.3 Å². The van der Waals surface area contributed by atoms with E-state index in [2.05, 4.69) is 0 Å². The molecule has 1 aliphatic rings. The molecule has 0 radical (unpaired) electrons. The topological polar surface area (TPSA) is 37.9 Å². The minimum atomic E-state index is -4.53. The van der Waals surface area contributed by atoms with Gasteiger partial charge in [-0.05, 0) is 49.4 Å². The van der Waals surface area contributed by atoms with Crippen LogP contribution in [0.15, 0.2) is 24.4 Å². The van der Waals surface area contributed by atoms with Gasteiger partial charge in [-0.1, -0.05) is 0 Å². The molecule has 6 heteroatoms. The third-order valence-corrected chi connectivity index (χ3v) is 4.20. The maximum absolute atomic E-state index is 13.5. The Morgan fingerprint density at radius 1 is 1.17 bits per heavy atom. The van der Waals surface area contributed by atoms with Gasteiger partial charge >= 0.3 is 6.18 Å². The molecule has 1 heterocycles. The number of halogens is 3. The molecule has 0 aliphatic heterocycles. The number of aryl methyl sites for hydroxylation is 1. The van der Waals surface area contributed by atoms with Crippen molar-refractivity contribution in [1.82, 2.24) is 4.57 Å². The highest BCUT2D eigenvalue weighted by molar-refractivity contribution is 5.63. The fraction of sp³-hybridized carbons (Fsp3) is 0.353. The van der Waals surface area contributed by atoms with E-state index in [0.29, 0.717) is 0 Å². The highest BCUT2D eigenvalue weighted by Gasteiger charge is 2.37. The van der Waals surface area contributed by atoms with Crippen LogP contribution in [0.2, 0.25) is 0 Å². The van der Waals surface area contributed by atoms with Crippen molar-refractivity contribution >= 4 is 0 Å². The lowest BCUT2D eigenvalue weighted by atomic mass is 9.97. The molecule has 0 atom stereocenters. The molecule has 3 rings (SSSR count). The first-order chi connectivity index (χ1) is 11.0. The highest BCUT2D eigenvalue weighted by atomic mass is 19.4. The monoisotopic (exact) mass is 320 g/mol. The van der Waals surface area contributed by atoms with Crippen LogP contribution < -0.4 is 4.74 Å². The summed E-state index contributed by atoms with van der Waals surface area (Å²) >= 11 is 0. The van der Waals surface area contributed by atoms with Crippen LogP contribution >= 0.6 is 0 Å². The first kappa shape index (κ1) is 15.5. The predicted octanol–water partition coefficient (Wildman–Crippen LogP) is 4.26. The van der Waals surface area contributed by atoms with Gasteiger partial charge in [-0.3, -0.25) is 0 Å². The minimum absolute atomic E-state index is 0.0358. The van der Waals surface area contributed by atoms with Crippen molar-refractivity contribution < 1.29 is 17.9 Å². The van der Waals surface area contributed by atoms with Gasteiger partial charge in [-0.15, -0.1) is 0 Å². The van der Waals surface area contributed by atoms with E-state index in [1.54, 1.807) is 6.20 Å². The summed E-state index contributed by atoms with van der Waals surface area (Å²) in [6, 6.07) is 5.86. The molecule has 1 aliphatic carbocycles. The van der Waals surface area contributed by atoms with Gasteiger partial charge in [0.25, 0.3) is 0 Å². The maximum atomic E-state index is 13.5. The van der Waals surface area contributed by atoms with E-state index in [4.69, 9.17) is 4.74 Å². The number of hydrogen-bond acceptors (Lipinski definition) is 2.